The highest BCUT2D eigenvalue weighted by atomic mass is 16.6. The van der Waals surface area contributed by atoms with Crippen LogP contribution >= 0.6 is 0 Å². The number of benzene rings is 2. The van der Waals surface area contributed by atoms with Gasteiger partial charge in [0.1, 0.15) is 0 Å². The summed E-state index contributed by atoms with van der Waals surface area (Å²) >= 11 is 0. The van der Waals surface area contributed by atoms with Crippen LogP contribution in [0.5, 0.6) is 0 Å². The zero-order valence-electron chi connectivity index (χ0n) is 15.5. The van der Waals surface area contributed by atoms with Crippen molar-refractivity contribution in [3.05, 3.63) is 59.9 Å². The summed E-state index contributed by atoms with van der Waals surface area (Å²) < 4.78 is 5.49. The van der Waals surface area contributed by atoms with Gasteiger partial charge in [-0.15, -0.1) is 0 Å². The van der Waals surface area contributed by atoms with Gasteiger partial charge in [0, 0.05) is 44.5 Å². The van der Waals surface area contributed by atoms with Crippen LogP contribution in [0.2, 0.25) is 0 Å². The first-order valence-corrected chi connectivity index (χ1v) is 9.56. The Morgan fingerprint density at radius 3 is 2.68 bits per heavy atom. The van der Waals surface area contributed by atoms with Crippen LogP contribution in [-0.4, -0.2) is 66.9 Å². The number of nitrogens with one attached hydrogen (secondary N) is 1. The van der Waals surface area contributed by atoms with E-state index in [1.54, 1.807) is 0 Å². The van der Waals surface area contributed by atoms with Gasteiger partial charge in [-0.05, 0) is 16.8 Å². The number of fused-ring (bicyclic) bond motifs is 1. The van der Waals surface area contributed by atoms with E-state index in [9.17, 15) is 4.79 Å². The molecule has 0 radical (unpaired) electrons. The molecule has 28 heavy (non-hydrogen) atoms. The highest BCUT2D eigenvalue weighted by Gasteiger charge is 2.27. The molecular weight excluding hydrogens is 354 g/mol. The number of carbonyl (C=O) groups excluding carboxylic acids is 1. The maximum atomic E-state index is 12.4. The summed E-state index contributed by atoms with van der Waals surface area (Å²) in [4.78, 5) is 25.7. The lowest BCUT2D eigenvalue weighted by Gasteiger charge is -2.35. The minimum Gasteiger partial charge on any atom is -0.402 e. The first kappa shape index (κ1) is 16.8. The molecular formula is C21H21N5O2. The summed E-state index contributed by atoms with van der Waals surface area (Å²) in [5, 5.41) is 5.42. The van der Waals surface area contributed by atoms with E-state index >= 15 is 0 Å². The lowest BCUT2D eigenvalue weighted by molar-refractivity contribution is -0.130. The Hall–Kier alpha value is -3.35. The zero-order chi connectivity index (χ0) is 18.9. The number of aliphatic imine (C=N–C) groups is 2. The summed E-state index contributed by atoms with van der Waals surface area (Å²) in [7, 11) is 0. The van der Waals surface area contributed by atoms with Crippen molar-refractivity contribution in [1.29, 1.82) is 0 Å². The van der Waals surface area contributed by atoms with E-state index in [2.05, 4.69) is 25.1 Å². The van der Waals surface area contributed by atoms with Crippen molar-refractivity contribution in [3.8, 4) is 0 Å². The van der Waals surface area contributed by atoms with Crippen molar-refractivity contribution >= 4 is 28.6 Å². The Balaban J connectivity index is 1.35. The van der Waals surface area contributed by atoms with Crippen LogP contribution in [0.15, 0.2) is 64.3 Å². The van der Waals surface area contributed by atoms with Gasteiger partial charge in [-0.3, -0.25) is 4.99 Å². The third kappa shape index (κ3) is 3.09. The molecule has 7 heteroatoms. The van der Waals surface area contributed by atoms with Crippen LogP contribution in [-0.2, 0) is 9.53 Å². The fourth-order valence-electron chi connectivity index (χ4n) is 3.76. The normalized spacial score (nSPS) is 21.0. The van der Waals surface area contributed by atoms with Crippen LogP contribution in [0.25, 0.3) is 10.8 Å². The second-order valence-corrected chi connectivity index (χ2v) is 7.00. The molecule has 7 nitrogen and oxygen atoms in total. The predicted molar refractivity (Wildman–Crippen MR) is 108 cm³/mol. The molecule has 0 aliphatic carbocycles. The topological polar surface area (TPSA) is 69.5 Å². The van der Waals surface area contributed by atoms with Gasteiger partial charge < -0.3 is 19.9 Å². The van der Waals surface area contributed by atoms with Crippen LogP contribution in [0.4, 0.5) is 0 Å². The molecule has 2 aromatic carbocycles. The van der Waals surface area contributed by atoms with Gasteiger partial charge >= 0.3 is 5.97 Å². The van der Waals surface area contributed by atoms with E-state index in [1.165, 1.54) is 0 Å². The molecule has 0 aromatic heterocycles. The molecule has 0 spiro atoms. The third-order valence-electron chi connectivity index (χ3n) is 5.22. The Labute approximate surface area is 163 Å². The lowest BCUT2D eigenvalue weighted by atomic mass is 10.0. The molecule has 0 amide bonds. The van der Waals surface area contributed by atoms with Gasteiger partial charge in [-0.1, -0.05) is 36.4 Å². The molecule has 0 bridgehead atoms. The molecule has 3 heterocycles. The van der Waals surface area contributed by atoms with E-state index in [4.69, 9.17) is 4.74 Å². The van der Waals surface area contributed by atoms with Crippen molar-refractivity contribution < 1.29 is 9.53 Å². The number of rotatable bonds is 2. The fraction of sp³-hybridized carbons (Fsp3) is 0.286. The van der Waals surface area contributed by atoms with Gasteiger partial charge in [-0.2, -0.15) is 0 Å². The molecule has 0 saturated carbocycles. The van der Waals surface area contributed by atoms with E-state index in [1.807, 2.05) is 48.7 Å². The second-order valence-electron chi connectivity index (χ2n) is 7.00. The second kappa shape index (κ2) is 6.99. The number of carbonyl (C=O) groups is 1. The summed E-state index contributed by atoms with van der Waals surface area (Å²) in [6.07, 6.45) is 1.82. The van der Waals surface area contributed by atoms with Crippen molar-refractivity contribution in [1.82, 2.24) is 15.1 Å². The fourth-order valence-corrected chi connectivity index (χ4v) is 3.76. The smallest absolute Gasteiger partial charge is 0.365 e. The number of guanidine groups is 1. The Morgan fingerprint density at radius 1 is 1.04 bits per heavy atom. The first-order valence-electron chi connectivity index (χ1n) is 9.56. The molecule has 5 rings (SSSR count). The average molecular weight is 375 g/mol. The summed E-state index contributed by atoms with van der Waals surface area (Å²) in [6.45, 7) is 5.12. The third-order valence-corrected chi connectivity index (χ3v) is 5.22. The summed E-state index contributed by atoms with van der Waals surface area (Å²) in [5.74, 6) is 0.965. The van der Waals surface area contributed by atoms with Crippen molar-refractivity contribution in [2.24, 2.45) is 9.98 Å². The highest BCUT2D eigenvalue weighted by molar-refractivity contribution is 6.16. The van der Waals surface area contributed by atoms with Gasteiger partial charge in [-0.25, -0.2) is 9.79 Å². The van der Waals surface area contributed by atoms with Gasteiger partial charge in [0.15, 0.2) is 11.7 Å². The number of nitrogens with zero attached hydrogens (tertiary/aromatic N) is 4. The molecule has 3 aliphatic rings. The summed E-state index contributed by atoms with van der Waals surface area (Å²) in [6, 6.07) is 13.9. The number of hydrogen-bond acceptors (Lipinski definition) is 7. The minimum absolute atomic E-state index is 0.354. The van der Waals surface area contributed by atoms with Gasteiger partial charge in [0.2, 0.25) is 5.90 Å². The number of esters is 1. The Kier molecular flexibility index (Phi) is 4.20. The van der Waals surface area contributed by atoms with Crippen LogP contribution < -0.4 is 5.32 Å². The maximum absolute atomic E-state index is 12.4. The molecule has 1 N–H and O–H groups in total. The molecule has 1 fully saturated rings. The summed E-state index contributed by atoms with van der Waals surface area (Å²) in [5.41, 5.74) is 1.19. The van der Waals surface area contributed by atoms with Crippen LogP contribution in [0, 0.1) is 0 Å². The maximum Gasteiger partial charge on any atom is 0.365 e. The van der Waals surface area contributed by atoms with Gasteiger partial charge in [0.05, 0.1) is 6.54 Å². The molecule has 0 unspecified atom stereocenters. The molecule has 3 aliphatic heterocycles. The molecule has 2 aromatic rings. The molecule has 0 atom stereocenters. The number of cyclic esters (lactones) is 1. The monoisotopic (exact) mass is 375 g/mol. The number of ether oxygens (including phenoxy) is 1. The lowest BCUT2D eigenvalue weighted by Crippen LogP contribution is -2.50. The standard InChI is InChI=1S/C21H21N5O2/c27-20-18(14-25-10-12-26(13-11-25)21-22-8-9-23-21)24-19(28-20)17-7-3-5-15-4-1-2-6-16(15)17/h1-7,14H,8-13H2,(H,22,23)/b18-14+. The number of piperazine rings is 1. The quantitative estimate of drug-likeness (QED) is 0.637. The highest BCUT2D eigenvalue weighted by Crippen LogP contribution is 2.24. The predicted octanol–water partition coefficient (Wildman–Crippen LogP) is 1.56. The van der Waals surface area contributed by atoms with E-state index in [0.717, 1.165) is 61.6 Å². The first-order chi connectivity index (χ1) is 13.8. The van der Waals surface area contributed by atoms with Crippen molar-refractivity contribution in [3.63, 3.8) is 0 Å². The van der Waals surface area contributed by atoms with Crippen molar-refractivity contribution in [2.75, 3.05) is 39.3 Å². The van der Waals surface area contributed by atoms with Gasteiger partial charge in [0.25, 0.3) is 0 Å². The van der Waals surface area contributed by atoms with E-state index in [-0.39, 0.29) is 0 Å². The largest absolute Gasteiger partial charge is 0.402 e. The average Bonchev–Trinajstić information content (AvgIpc) is 3.39. The Morgan fingerprint density at radius 2 is 1.86 bits per heavy atom. The Bertz CT molecular complexity index is 1010. The SMILES string of the molecule is O=C1OC(c2cccc3ccccc23)=N/C1=C/N1CCN(C2=NCCN2)CC1. The van der Waals surface area contributed by atoms with E-state index in [0.29, 0.717) is 11.6 Å². The van der Waals surface area contributed by atoms with Crippen LogP contribution in [0.3, 0.4) is 0 Å². The van der Waals surface area contributed by atoms with Crippen molar-refractivity contribution in [2.45, 2.75) is 0 Å². The zero-order valence-corrected chi connectivity index (χ0v) is 15.5. The molecule has 142 valence electrons. The van der Waals surface area contributed by atoms with E-state index < -0.39 is 5.97 Å². The number of hydrogen-bond donors (Lipinski definition) is 1. The molecule has 1 saturated heterocycles. The minimum atomic E-state index is -0.396. The van der Waals surface area contributed by atoms with Crippen LogP contribution in [0.1, 0.15) is 5.56 Å².